The number of hydrogen-bond donors (Lipinski definition) is 0. The van der Waals surface area contributed by atoms with Crippen LogP contribution in [-0.2, 0) is 19.4 Å². The Balaban J connectivity index is 1.65. The molecule has 1 aliphatic carbocycles. The van der Waals surface area contributed by atoms with Gasteiger partial charge >= 0.3 is 0 Å². The van der Waals surface area contributed by atoms with Crippen LogP contribution in [0.5, 0.6) is 5.75 Å². The zero-order valence-electron chi connectivity index (χ0n) is 9.97. The molecule has 0 aliphatic heterocycles. The second-order valence-corrected chi connectivity index (χ2v) is 4.37. The number of nitrogens with zero attached hydrogens (tertiary/aromatic N) is 3. The molecule has 0 unspecified atom stereocenters. The normalized spacial score (nSPS) is 13.6. The van der Waals surface area contributed by atoms with Crippen molar-refractivity contribution in [2.45, 2.75) is 25.8 Å². The highest BCUT2D eigenvalue weighted by atomic mass is 19.1. The molecule has 5 heteroatoms. The molecule has 0 spiro atoms. The van der Waals surface area contributed by atoms with Gasteiger partial charge in [-0.15, -0.1) is 0 Å². The Morgan fingerprint density at radius 2 is 2.06 bits per heavy atom. The zero-order valence-corrected chi connectivity index (χ0v) is 9.97. The van der Waals surface area contributed by atoms with E-state index >= 15 is 0 Å². The number of benzene rings is 1. The molecule has 1 heterocycles. The van der Waals surface area contributed by atoms with E-state index in [4.69, 9.17) is 4.74 Å². The monoisotopic (exact) mass is 247 g/mol. The first-order valence-corrected chi connectivity index (χ1v) is 6.11. The number of hydrogen-bond acceptors (Lipinski definition) is 3. The van der Waals surface area contributed by atoms with E-state index in [1.165, 1.54) is 6.07 Å². The summed E-state index contributed by atoms with van der Waals surface area (Å²) < 4.78 is 19.3. The lowest BCUT2D eigenvalue weighted by atomic mass is 10.1. The zero-order chi connectivity index (χ0) is 12.4. The van der Waals surface area contributed by atoms with Crippen molar-refractivity contribution in [1.82, 2.24) is 15.0 Å². The summed E-state index contributed by atoms with van der Waals surface area (Å²) in [5, 5.41) is 7.95. The Morgan fingerprint density at radius 3 is 2.89 bits per heavy atom. The molecule has 1 aromatic heterocycles. The van der Waals surface area contributed by atoms with Crippen LogP contribution in [0.15, 0.2) is 24.5 Å². The maximum Gasteiger partial charge on any atom is 0.130 e. The number of fused-ring (bicyclic) bond motifs is 1. The van der Waals surface area contributed by atoms with Crippen molar-refractivity contribution in [3.05, 3.63) is 41.5 Å². The fourth-order valence-corrected chi connectivity index (χ4v) is 2.31. The highest BCUT2D eigenvalue weighted by Crippen LogP contribution is 2.28. The molecule has 2 aromatic rings. The van der Waals surface area contributed by atoms with Gasteiger partial charge in [0.25, 0.3) is 0 Å². The Kier molecular flexibility index (Phi) is 2.96. The summed E-state index contributed by atoms with van der Waals surface area (Å²) in [5.74, 6) is 0.456. The lowest BCUT2D eigenvalue weighted by Crippen LogP contribution is -2.11. The molecule has 0 radical (unpaired) electrons. The summed E-state index contributed by atoms with van der Waals surface area (Å²) in [4.78, 5) is 1.55. The Hall–Kier alpha value is -1.91. The molecule has 0 N–H and O–H groups in total. The topological polar surface area (TPSA) is 39.9 Å². The maximum absolute atomic E-state index is 13.7. The third-order valence-corrected chi connectivity index (χ3v) is 3.16. The second-order valence-electron chi connectivity index (χ2n) is 4.37. The number of ether oxygens (including phenoxy) is 1. The maximum atomic E-state index is 13.7. The van der Waals surface area contributed by atoms with E-state index < -0.39 is 0 Å². The molecule has 0 saturated carbocycles. The van der Waals surface area contributed by atoms with Crippen molar-refractivity contribution in [2.24, 2.45) is 0 Å². The van der Waals surface area contributed by atoms with Crippen LogP contribution >= 0.6 is 0 Å². The lowest BCUT2D eigenvalue weighted by molar-refractivity contribution is 0.280. The summed E-state index contributed by atoms with van der Waals surface area (Å²) >= 11 is 0. The first-order chi connectivity index (χ1) is 8.83. The number of halogens is 1. The Morgan fingerprint density at radius 1 is 1.22 bits per heavy atom. The standard InChI is InChI=1S/C13H14FN3O/c14-13-9-11(8-10-2-1-3-12(10)13)18-7-6-17-15-4-5-16-17/h4-5,8-9H,1-3,6-7H2. The van der Waals surface area contributed by atoms with Crippen molar-refractivity contribution in [3.63, 3.8) is 0 Å². The van der Waals surface area contributed by atoms with E-state index in [9.17, 15) is 4.39 Å². The third-order valence-electron chi connectivity index (χ3n) is 3.16. The molecule has 94 valence electrons. The van der Waals surface area contributed by atoms with Gasteiger partial charge in [-0.25, -0.2) is 4.39 Å². The van der Waals surface area contributed by atoms with Crippen molar-refractivity contribution >= 4 is 0 Å². The molecule has 4 nitrogen and oxygen atoms in total. The molecule has 3 rings (SSSR count). The number of aromatic nitrogens is 3. The summed E-state index contributed by atoms with van der Waals surface area (Å²) in [6, 6.07) is 3.42. The van der Waals surface area contributed by atoms with E-state index in [0.29, 0.717) is 18.9 Å². The molecule has 0 bridgehead atoms. The highest BCUT2D eigenvalue weighted by molar-refractivity contribution is 5.39. The summed E-state index contributed by atoms with van der Waals surface area (Å²) in [5.41, 5.74) is 1.94. The van der Waals surface area contributed by atoms with E-state index in [1.54, 1.807) is 17.2 Å². The molecule has 0 saturated heterocycles. The minimum Gasteiger partial charge on any atom is -0.491 e. The smallest absolute Gasteiger partial charge is 0.130 e. The Bertz CT molecular complexity index is 539. The van der Waals surface area contributed by atoms with Gasteiger partial charge in [0.15, 0.2) is 0 Å². The fraction of sp³-hybridized carbons (Fsp3) is 0.385. The second kappa shape index (κ2) is 4.76. The van der Waals surface area contributed by atoms with Gasteiger partial charge in [-0.3, -0.25) is 0 Å². The van der Waals surface area contributed by atoms with Gasteiger partial charge < -0.3 is 4.74 Å². The summed E-state index contributed by atoms with van der Waals surface area (Å²) in [7, 11) is 0. The molecule has 0 amide bonds. The minimum absolute atomic E-state index is 0.141. The third kappa shape index (κ3) is 2.20. The predicted octanol–water partition coefficient (Wildman–Crippen LogP) is 1.98. The van der Waals surface area contributed by atoms with Gasteiger partial charge in [-0.05, 0) is 36.5 Å². The highest BCUT2D eigenvalue weighted by Gasteiger charge is 2.16. The van der Waals surface area contributed by atoms with Gasteiger partial charge in [-0.2, -0.15) is 15.0 Å². The van der Waals surface area contributed by atoms with Crippen LogP contribution in [0.2, 0.25) is 0 Å². The van der Waals surface area contributed by atoms with E-state index in [1.807, 2.05) is 6.07 Å². The molecule has 0 atom stereocenters. The number of aryl methyl sites for hydroxylation is 1. The van der Waals surface area contributed by atoms with Gasteiger partial charge in [0.1, 0.15) is 18.2 Å². The van der Waals surface area contributed by atoms with Gasteiger partial charge in [0.2, 0.25) is 0 Å². The minimum atomic E-state index is -0.141. The van der Waals surface area contributed by atoms with Crippen LogP contribution in [0.4, 0.5) is 4.39 Å². The van der Waals surface area contributed by atoms with Crippen LogP contribution in [0.25, 0.3) is 0 Å². The molecule has 18 heavy (non-hydrogen) atoms. The van der Waals surface area contributed by atoms with Crippen LogP contribution in [-0.4, -0.2) is 21.6 Å². The largest absolute Gasteiger partial charge is 0.491 e. The number of rotatable bonds is 4. The predicted molar refractivity (Wildman–Crippen MR) is 63.9 cm³/mol. The van der Waals surface area contributed by atoms with Crippen molar-refractivity contribution in [2.75, 3.05) is 6.61 Å². The molecule has 0 fully saturated rings. The van der Waals surface area contributed by atoms with E-state index in [2.05, 4.69) is 10.2 Å². The SMILES string of the molecule is Fc1cc(OCCn2nccn2)cc2c1CCC2. The molecular weight excluding hydrogens is 233 g/mol. The van der Waals surface area contributed by atoms with Gasteiger partial charge in [0.05, 0.1) is 18.9 Å². The molecule has 1 aliphatic rings. The van der Waals surface area contributed by atoms with Crippen LogP contribution in [0.3, 0.4) is 0 Å². The van der Waals surface area contributed by atoms with Gasteiger partial charge in [-0.1, -0.05) is 0 Å². The fourth-order valence-electron chi connectivity index (χ4n) is 2.31. The van der Waals surface area contributed by atoms with Crippen molar-refractivity contribution in [3.8, 4) is 5.75 Å². The molecular formula is C13H14FN3O. The van der Waals surface area contributed by atoms with Crippen LogP contribution < -0.4 is 4.74 Å². The average molecular weight is 247 g/mol. The van der Waals surface area contributed by atoms with E-state index in [0.717, 1.165) is 30.4 Å². The van der Waals surface area contributed by atoms with Crippen molar-refractivity contribution in [1.29, 1.82) is 0 Å². The van der Waals surface area contributed by atoms with Crippen LogP contribution in [0.1, 0.15) is 17.5 Å². The Labute approximate surface area is 104 Å². The quantitative estimate of drug-likeness (QED) is 0.829. The van der Waals surface area contributed by atoms with E-state index in [-0.39, 0.29) is 5.82 Å². The first-order valence-electron chi connectivity index (χ1n) is 6.11. The molecule has 1 aromatic carbocycles. The van der Waals surface area contributed by atoms with Gasteiger partial charge in [0, 0.05) is 6.07 Å². The lowest BCUT2D eigenvalue weighted by Gasteiger charge is -2.08. The average Bonchev–Trinajstić information content (AvgIpc) is 2.99. The summed E-state index contributed by atoms with van der Waals surface area (Å²) in [6.07, 6.45) is 6.07. The first kappa shape index (κ1) is 11.2. The van der Waals surface area contributed by atoms with Crippen molar-refractivity contribution < 1.29 is 9.13 Å². The van der Waals surface area contributed by atoms with Crippen LogP contribution in [0, 0.1) is 5.82 Å². The summed E-state index contributed by atoms with van der Waals surface area (Å²) in [6.45, 7) is 0.999.